The number of halogens is 1. The molecule has 1 aromatic rings. The van der Waals surface area contributed by atoms with Gasteiger partial charge in [0.1, 0.15) is 0 Å². The summed E-state index contributed by atoms with van der Waals surface area (Å²) in [6, 6.07) is 9.52. The van der Waals surface area contributed by atoms with E-state index >= 15 is 0 Å². The Morgan fingerprint density at radius 2 is 2.11 bits per heavy atom. The maximum atomic E-state index is 3.78. The molecule has 1 saturated heterocycles. The van der Waals surface area contributed by atoms with E-state index in [1.165, 1.54) is 28.0 Å². The quantitative estimate of drug-likeness (QED) is 0.868. The standard InChI is InChI=1S/C15H22BrNS/c1-11(13-6-4-5-7-14(13)16)17-12-8-15(2,3)10-18-9-12/h4-7,11-12,17H,8-10H2,1-3H3. The van der Waals surface area contributed by atoms with Crippen LogP contribution < -0.4 is 5.32 Å². The number of rotatable bonds is 3. The molecular weight excluding hydrogens is 306 g/mol. The Hall–Kier alpha value is 0.01000. The molecule has 2 rings (SSSR count). The van der Waals surface area contributed by atoms with Gasteiger partial charge < -0.3 is 5.32 Å². The van der Waals surface area contributed by atoms with Gasteiger partial charge in [-0.15, -0.1) is 0 Å². The second-order valence-corrected chi connectivity index (χ2v) is 7.87. The Bertz CT molecular complexity index is 405. The molecule has 0 saturated carbocycles. The zero-order valence-corrected chi connectivity index (χ0v) is 13.8. The van der Waals surface area contributed by atoms with E-state index < -0.39 is 0 Å². The molecule has 1 heterocycles. The number of benzene rings is 1. The van der Waals surface area contributed by atoms with Crippen molar-refractivity contribution in [2.24, 2.45) is 5.41 Å². The van der Waals surface area contributed by atoms with Crippen LogP contribution in [-0.4, -0.2) is 17.5 Å². The van der Waals surface area contributed by atoms with Crippen molar-refractivity contribution in [2.75, 3.05) is 11.5 Å². The van der Waals surface area contributed by atoms with Gasteiger partial charge in [-0.25, -0.2) is 0 Å². The molecule has 0 spiro atoms. The average molecular weight is 328 g/mol. The molecule has 1 N–H and O–H groups in total. The molecule has 2 atom stereocenters. The second kappa shape index (κ2) is 5.98. The fourth-order valence-electron chi connectivity index (χ4n) is 2.64. The Morgan fingerprint density at radius 1 is 1.39 bits per heavy atom. The number of hydrogen-bond acceptors (Lipinski definition) is 2. The van der Waals surface area contributed by atoms with Gasteiger partial charge in [0.2, 0.25) is 0 Å². The third-order valence-corrected chi connectivity index (χ3v) is 5.81. The minimum absolute atomic E-state index is 0.403. The molecule has 0 aliphatic carbocycles. The second-order valence-electron chi connectivity index (χ2n) is 5.99. The maximum absolute atomic E-state index is 3.78. The third-order valence-electron chi connectivity index (χ3n) is 3.47. The number of hydrogen-bond donors (Lipinski definition) is 1. The van der Waals surface area contributed by atoms with Gasteiger partial charge in [-0.1, -0.05) is 48.0 Å². The molecule has 1 fully saturated rings. The van der Waals surface area contributed by atoms with E-state index in [1.807, 2.05) is 0 Å². The molecule has 3 heteroatoms. The van der Waals surface area contributed by atoms with Gasteiger partial charge in [-0.2, -0.15) is 11.8 Å². The van der Waals surface area contributed by atoms with Crippen molar-refractivity contribution in [1.82, 2.24) is 5.32 Å². The van der Waals surface area contributed by atoms with Gasteiger partial charge in [0.05, 0.1) is 0 Å². The van der Waals surface area contributed by atoms with Crippen LogP contribution in [0.1, 0.15) is 38.8 Å². The zero-order valence-electron chi connectivity index (χ0n) is 11.4. The molecule has 0 bridgehead atoms. The van der Waals surface area contributed by atoms with Crippen LogP contribution in [0.25, 0.3) is 0 Å². The minimum atomic E-state index is 0.403. The zero-order chi connectivity index (χ0) is 13.2. The van der Waals surface area contributed by atoms with E-state index in [1.54, 1.807) is 0 Å². The third kappa shape index (κ3) is 3.75. The molecule has 1 aromatic carbocycles. The summed E-state index contributed by atoms with van der Waals surface area (Å²) < 4.78 is 1.20. The SMILES string of the molecule is CC(NC1CSCC(C)(C)C1)c1ccccc1Br. The molecule has 100 valence electrons. The lowest BCUT2D eigenvalue weighted by Crippen LogP contribution is -2.41. The fraction of sp³-hybridized carbons (Fsp3) is 0.600. The monoisotopic (exact) mass is 327 g/mol. The Morgan fingerprint density at radius 3 is 2.78 bits per heavy atom. The van der Waals surface area contributed by atoms with E-state index in [9.17, 15) is 0 Å². The first-order chi connectivity index (χ1) is 8.48. The smallest absolute Gasteiger partial charge is 0.0305 e. The molecule has 0 amide bonds. The predicted octanol–water partition coefficient (Wildman–Crippen LogP) is 4.63. The summed E-state index contributed by atoms with van der Waals surface area (Å²) in [5.74, 6) is 2.52. The Labute approximate surface area is 123 Å². The van der Waals surface area contributed by atoms with Crippen LogP contribution in [0.4, 0.5) is 0 Å². The Kier molecular flexibility index (Phi) is 4.79. The lowest BCUT2D eigenvalue weighted by molar-refractivity contribution is 0.305. The van der Waals surface area contributed by atoms with E-state index in [2.05, 4.69) is 78.0 Å². The van der Waals surface area contributed by atoms with Crippen molar-refractivity contribution in [1.29, 1.82) is 0 Å². The van der Waals surface area contributed by atoms with Crippen LogP contribution >= 0.6 is 27.7 Å². The van der Waals surface area contributed by atoms with Gasteiger partial charge >= 0.3 is 0 Å². The summed E-state index contributed by atoms with van der Waals surface area (Å²) >= 11 is 5.72. The lowest BCUT2D eigenvalue weighted by Gasteiger charge is -2.36. The first-order valence-corrected chi connectivity index (χ1v) is 8.51. The highest BCUT2D eigenvalue weighted by molar-refractivity contribution is 9.10. The summed E-state index contributed by atoms with van der Waals surface area (Å²) in [5.41, 5.74) is 1.82. The highest BCUT2D eigenvalue weighted by atomic mass is 79.9. The molecule has 2 unspecified atom stereocenters. The Balaban J connectivity index is 1.99. The molecule has 1 nitrogen and oxygen atoms in total. The topological polar surface area (TPSA) is 12.0 Å². The first kappa shape index (κ1) is 14.4. The normalized spacial score (nSPS) is 24.8. The molecule has 1 aliphatic rings. The molecule has 0 radical (unpaired) electrons. The van der Waals surface area contributed by atoms with E-state index in [4.69, 9.17) is 0 Å². The molecule has 0 aromatic heterocycles. The average Bonchev–Trinajstić information content (AvgIpc) is 2.28. The minimum Gasteiger partial charge on any atom is -0.307 e. The van der Waals surface area contributed by atoms with Gasteiger partial charge in [0.25, 0.3) is 0 Å². The molecule has 1 aliphatic heterocycles. The summed E-state index contributed by atoms with van der Waals surface area (Å²) in [6.45, 7) is 7.00. The van der Waals surface area contributed by atoms with Gasteiger partial charge in [-0.05, 0) is 36.1 Å². The van der Waals surface area contributed by atoms with Crippen LogP contribution in [0.3, 0.4) is 0 Å². The highest BCUT2D eigenvalue weighted by Gasteiger charge is 2.29. The summed E-state index contributed by atoms with van der Waals surface area (Å²) in [4.78, 5) is 0. The summed E-state index contributed by atoms with van der Waals surface area (Å²) in [6.07, 6.45) is 1.27. The van der Waals surface area contributed by atoms with Crippen molar-refractivity contribution >= 4 is 27.7 Å². The van der Waals surface area contributed by atoms with E-state index in [0.717, 1.165) is 0 Å². The first-order valence-electron chi connectivity index (χ1n) is 6.56. The molecular formula is C15H22BrNS. The van der Waals surface area contributed by atoms with Crippen molar-refractivity contribution < 1.29 is 0 Å². The van der Waals surface area contributed by atoms with Crippen molar-refractivity contribution in [3.8, 4) is 0 Å². The van der Waals surface area contributed by atoms with Crippen LogP contribution in [0.2, 0.25) is 0 Å². The predicted molar refractivity (Wildman–Crippen MR) is 85.2 cm³/mol. The van der Waals surface area contributed by atoms with Gasteiger partial charge in [0.15, 0.2) is 0 Å². The highest BCUT2D eigenvalue weighted by Crippen LogP contribution is 2.34. The summed E-state index contributed by atoms with van der Waals surface area (Å²) in [7, 11) is 0. The van der Waals surface area contributed by atoms with E-state index in [0.29, 0.717) is 17.5 Å². The van der Waals surface area contributed by atoms with Gasteiger partial charge in [-0.3, -0.25) is 0 Å². The summed E-state index contributed by atoms with van der Waals surface area (Å²) in [5, 5.41) is 3.78. The van der Waals surface area contributed by atoms with Crippen molar-refractivity contribution in [2.45, 2.75) is 39.3 Å². The largest absolute Gasteiger partial charge is 0.307 e. The van der Waals surface area contributed by atoms with Crippen molar-refractivity contribution in [3.63, 3.8) is 0 Å². The number of thioether (sulfide) groups is 1. The van der Waals surface area contributed by atoms with Crippen LogP contribution in [0.15, 0.2) is 28.7 Å². The maximum Gasteiger partial charge on any atom is 0.0305 e. The van der Waals surface area contributed by atoms with Gasteiger partial charge in [0, 0.05) is 22.3 Å². The van der Waals surface area contributed by atoms with Crippen LogP contribution in [0.5, 0.6) is 0 Å². The molecule has 18 heavy (non-hydrogen) atoms. The number of nitrogens with one attached hydrogen (secondary N) is 1. The fourth-order valence-corrected chi connectivity index (χ4v) is 4.55. The van der Waals surface area contributed by atoms with Crippen molar-refractivity contribution in [3.05, 3.63) is 34.3 Å². The van der Waals surface area contributed by atoms with Crippen LogP contribution in [-0.2, 0) is 0 Å². The van der Waals surface area contributed by atoms with E-state index in [-0.39, 0.29) is 0 Å². The lowest BCUT2D eigenvalue weighted by atomic mass is 9.87. The van der Waals surface area contributed by atoms with Crippen LogP contribution in [0, 0.1) is 5.41 Å².